The Morgan fingerprint density at radius 3 is 1.91 bits per heavy atom. The number of thioether (sulfide) groups is 1. The highest BCUT2D eigenvalue weighted by molar-refractivity contribution is 7.99. The molecule has 0 saturated heterocycles. The van der Waals surface area contributed by atoms with Gasteiger partial charge in [-0.05, 0) is 58.0 Å². The highest BCUT2D eigenvalue weighted by atomic mass is 32.2. The molecular formula is C37H39N3O2S. The van der Waals surface area contributed by atoms with Crippen molar-refractivity contribution in [3.05, 3.63) is 120 Å². The highest BCUT2D eigenvalue weighted by Gasteiger charge is 2.57. The van der Waals surface area contributed by atoms with E-state index in [-0.39, 0.29) is 5.91 Å². The van der Waals surface area contributed by atoms with Crippen molar-refractivity contribution in [2.75, 3.05) is 46.6 Å². The van der Waals surface area contributed by atoms with Crippen molar-refractivity contribution in [3.63, 3.8) is 0 Å². The Morgan fingerprint density at radius 2 is 1.33 bits per heavy atom. The van der Waals surface area contributed by atoms with Gasteiger partial charge in [0.15, 0.2) is 0 Å². The molecule has 0 bridgehead atoms. The molecular weight excluding hydrogens is 550 g/mol. The van der Waals surface area contributed by atoms with Crippen LogP contribution in [0.2, 0.25) is 0 Å². The van der Waals surface area contributed by atoms with E-state index in [1.54, 1.807) is 11.8 Å². The maximum Gasteiger partial charge on any atom is 0.260 e. The molecule has 0 aromatic heterocycles. The van der Waals surface area contributed by atoms with Crippen LogP contribution in [-0.4, -0.2) is 37.8 Å². The molecule has 6 heteroatoms. The highest BCUT2D eigenvalue weighted by Crippen LogP contribution is 2.60. The third-order valence-electron chi connectivity index (χ3n) is 8.74. The van der Waals surface area contributed by atoms with E-state index in [9.17, 15) is 4.79 Å². The van der Waals surface area contributed by atoms with Crippen molar-refractivity contribution >= 4 is 34.7 Å². The molecule has 2 aliphatic rings. The third-order valence-corrected chi connectivity index (χ3v) is 9.79. The van der Waals surface area contributed by atoms with E-state index in [0.29, 0.717) is 5.56 Å². The number of carbonyl (C=O) groups excluding carboxylic acids is 1. The Kier molecular flexibility index (Phi) is 7.97. The molecule has 6 rings (SSSR count). The van der Waals surface area contributed by atoms with E-state index in [1.807, 2.05) is 41.3 Å². The summed E-state index contributed by atoms with van der Waals surface area (Å²) in [4.78, 5) is 22.4. The molecule has 0 atom stereocenters. The maximum absolute atomic E-state index is 14.7. The van der Waals surface area contributed by atoms with Gasteiger partial charge < -0.3 is 14.5 Å². The minimum absolute atomic E-state index is 0.0123. The van der Waals surface area contributed by atoms with Gasteiger partial charge >= 0.3 is 0 Å². The SMILES string of the molecule is C=CCSc1ccccc1N1C(=O)c2ccccc2C12c1ccc(N(CC)CC)cc1Oc1cc(N(CC)CC)ccc12. The van der Waals surface area contributed by atoms with Gasteiger partial charge in [-0.2, -0.15) is 0 Å². The van der Waals surface area contributed by atoms with E-state index >= 15 is 0 Å². The molecule has 4 aromatic carbocycles. The van der Waals surface area contributed by atoms with Gasteiger partial charge in [0.2, 0.25) is 0 Å². The largest absolute Gasteiger partial charge is 0.456 e. The van der Waals surface area contributed by atoms with Crippen LogP contribution >= 0.6 is 11.8 Å². The summed E-state index contributed by atoms with van der Waals surface area (Å²) in [6.07, 6.45) is 1.90. The van der Waals surface area contributed by atoms with Crippen LogP contribution in [0.4, 0.5) is 17.1 Å². The molecule has 220 valence electrons. The number of benzene rings is 4. The Bertz CT molecular complexity index is 1610. The van der Waals surface area contributed by atoms with Crippen molar-refractivity contribution < 1.29 is 9.53 Å². The fourth-order valence-corrected chi connectivity index (χ4v) is 7.51. The number of carbonyl (C=O) groups is 1. The summed E-state index contributed by atoms with van der Waals surface area (Å²) >= 11 is 1.69. The normalized spacial score (nSPS) is 14.1. The van der Waals surface area contributed by atoms with Crippen LogP contribution in [0, 0.1) is 0 Å². The first-order chi connectivity index (χ1) is 21.0. The van der Waals surface area contributed by atoms with Gasteiger partial charge in [-0.3, -0.25) is 9.69 Å². The van der Waals surface area contributed by atoms with Crippen molar-refractivity contribution in [2.24, 2.45) is 0 Å². The van der Waals surface area contributed by atoms with Crippen LogP contribution in [-0.2, 0) is 5.54 Å². The average molecular weight is 590 g/mol. The fraction of sp³-hybridized carbons (Fsp3) is 0.270. The number of hydrogen-bond acceptors (Lipinski definition) is 5. The summed E-state index contributed by atoms with van der Waals surface area (Å²) in [5.74, 6) is 2.29. The van der Waals surface area contributed by atoms with Crippen LogP contribution in [0.5, 0.6) is 11.5 Å². The molecule has 0 fully saturated rings. The number of hydrogen-bond donors (Lipinski definition) is 0. The van der Waals surface area contributed by atoms with Gasteiger partial charge in [-0.25, -0.2) is 0 Å². The molecule has 0 radical (unpaired) electrons. The van der Waals surface area contributed by atoms with E-state index in [4.69, 9.17) is 4.74 Å². The Morgan fingerprint density at radius 1 is 0.767 bits per heavy atom. The lowest BCUT2D eigenvalue weighted by Crippen LogP contribution is -2.48. The van der Waals surface area contributed by atoms with Gasteiger partial charge in [0.05, 0.1) is 5.69 Å². The third kappa shape index (κ3) is 4.51. The molecule has 1 amide bonds. The van der Waals surface area contributed by atoms with Crippen molar-refractivity contribution in [1.29, 1.82) is 0 Å². The molecule has 0 unspecified atom stereocenters. The zero-order valence-electron chi connectivity index (χ0n) is 25.5. The number of para-hydroxylation sites is 1. The molecule has 0 saturated carbocycles. The van der Waals surface area contributed by atoms with E-state index in [1.165, 1.54) is 0 Å². The minimum atomic E-state index is -0.912. The number of rotatable bonds is 10. The lowest BCUT2D eigenvalue weighted by atomic mass is 9.74. The zero-order chi connectivity index (χ0) is 30.1. The molecule has 43 heavy (non-hydrogen) atoms. The van der Waals surface area contributed by atoms with Crippen molar-refractivity contribution in [1.82, 2.24) is 0 Å². The Balaban J connectivity index is 1.70. The summed E-state index contributed by atoms with van der Waals surface area (Å²) in [5, 5.41) is 0. The monoisotopic (exact) mass is 589 g/mol. The quantitative estimate of drug-likeness (QED) is 0.137. The van der Waals surface area contributed by atoms with Gasteiger partial charge in [-0.15, -0.1) is 18.3 Å². The van der Waals surface area contributed by atoms with Crippen molar-refractivity contribution in [2.45, 2.75) is 38.1 Å². The van der Waals surface area contributed by atoms with Crippen LogP contribution in [0.25, 0.3) is 0 Å². The molecule has 0 N–H and O–H groups in total. The van der Waals surface area contributed by atoms with Gasteiger partial charge in [-0.1, -0.05) is 48.5 Å². The fourth-order valence-electron chi connectivity index (χ4n) is 6.74. The van der Waals surface area contributed by atoms with Gasteiger partial charge in [0, 0.05) is 82.6 Å². The van der Waals surface area contributed by atoms with Gasteiger partial charge in [0.1, 0.15) is 17.0 Å². The predicted molar refractivity (Wildman–Crippen MR) is 181 cm³/mol. The lowest BCUT2D eigenvalue weighted by Gasteiger charge is -2.45. The second-order valence-corrected chi connectivity index (χ2v) is 11.8. The standard InChI is InChI=1S/C37H39N3O2S/c1-6-23-43-35-18-14-13-17-32(35)40-36(41)28-15-11-12-16-29(28)37(40)30-21-19-26(38(7-2)8-3)24-33(30)42-34-25-27(20-22-31(34)37)39(9-4)10-5/h6,11-22,24-25H,1,7-10,23H2,2-5H3. The van der Waals surface area contributed by atoms with E-state index < -0.39 is 5.54 Å². The topological polar surface area (TPSA) is 36.0 Å². The van der Waals surface area contributed by atoms with E-state index in [2.05, 4.69) is 98.7 Å². The van der Waals surface area contributed by atoms with Crippen LogP contribution in [0.15, 0.2) is 102 Å². The number of fused-ring (bicyclic) bond motifs is 6. The maximum atomic E-state index is 14.7. The average Bonchev–Trinajstić information content (AvgIpc) is 3.29. The molecule has 2 heterocycles. The number of anilines is 3. The smallest absolute Gasteiger partial charge is 0.260 e. The second-order valence-electron chi connectivity index (χ2n) is 10.8. The van der Waals surface area contributed by atoms with E-state index in [0.717, 1.165) is 82.1 Å². The summed E-state index contributed by atoms with van der Waals surface area (Å²) in [7, 11) is 0. The molecule has 4 aromatic rings. The van der Waals surface area contributed by atoms with Crippen LogP contribution in [0.1, 0.15) is 54.7 Å². The van der Waals surface area contributed by atoms with Gasteiger partial charge in [0.25, 0.3) is 5.91 Å². The number of ether oxygens (including phenoxy) is 1. The lowest BCUT2D eigenvalue weighted by molar-refractivity contribution is 0.0985. The summed E-state index contributed by atoms with van der Waals surface area (Å²) in [5.41, 5.74) is 5.80. The molecule has 5 nitrogen and oxygen atoms in total. The number of amides is 1. The van der Waals surface area contributed by atoms with Crippen LogP contribution < -0.4 is 19.4 Å². The molecule has 0 aliphatic carbocycles. The summed E-state index contributed by atoms with van der Waals surface area (Å²) in [6.45, 7) is 16.2. The summed E-state index contributed by atoms with van der Waals surface area (Å²) < 4.78 is 6.84. The minimum Gasteiger partial charge on any atom is -0.456 e. The summed E-state index contributed by atoms with van der Waals surface area (Å²) in [6, 6.07) is 29.3. The second kappa shape index (κ2) is 11.8. The Labute approximate surface area is 259 Å². The zero-order valence-corrected chi connectivity index (χ0v) is 26.3. The molecule has 1 spiro atoms. The first-order valence-corrected chi connectivity index (χ1v) is 16.2. The Hall–Kier alpha value is -4.16. The first-order valence-electron chi connectivity index (χ1n) is 15.3. The van der Waals surface area contributed by atoms with Crippen molar-refractivity contribution in [3.8, 4) is 11.5 Å². The number of nitrogens with zero attached hydrogens (tertiary/aromatic N) is 3. The predicted octanol–water partition coefficient (Wildman–Crippen LogP) is 8.72. The van der Waals surface area contributed by atoms with Crippen LogP contribution in [0.3, 0.4) is 0 Å². The first kappa shape index (κ1) is 28.9. The molecule has 2 aliphatic heterocycles.